The number of aromatic nitrogens is 1. The molecule has 0 saturated carbocycles. The van der Waals surface area contributed by atoms with E-state index in [0.717, 1.165) is 22.0 Å². The van der Waals surface area contributed by atoms with Crippen LogP contribution in [0.25, 0.3) is 0 Å². The molecular weight excluding hydrogens is 316 g/mol. The Morgan fingerprint density at radius 1 is 0.875 bits per heavy atom. The van der Waals surface area contributed by atoms with Crippen LogP contribution >= 0.6 is 11.8 Å². The summed E-state index contributed by atoms with van der Waals surface area (Å²) in [5, 5.41) is 8.81. The molecule has 118 valence electrons. The SMILES string of the molecule is N#Cc1ccc(SCc2ccc(OCc3ccncc3)cc2)cc1. The number of nitriles is 1. The van der Waals surface area contributed by atoms with Crippen molar-refractivity contribution in [1.29, 1.82) is 5.26 Å². The number of hydrogen-bond acceptors (Lipinski definition) is 4. The Bertz CT molecular complexity index is 809. The minimum Gasteiger partial charge on any atom is -0.489 e. The maximum atomic E-state index is 8.81. The largest absolute Gasteiger partial charge is 0.489 e. The highest BCUT2D eigenvalue weighted by Crippen LogP contribution is 2.24. The number of hydrogen-bond donors (Lipinski definition) is 0. The molecule has 0 saturated heterocycles. The lowest BCUT2D eigenvalue weighted by molar-refractivity contribution is 0.306. The number of nitrogens with zero attached hydrogens (tertiary/aromatic N) is 2. The first-order valence-corrected chi connectivity index (χ1v) is 8.56. The van der Waals surface area contributed by atoms with Crippen molar-refractivity contribution < 1.29 is 4.74 Å². The summed E-state index contributed by atoms with van der Waals surface area (Å²) in [6.07, 6.45) is 3.53. The fraction of sp³-hybridized carbons (Fsp3) is 0.100. The van der Waals surface area contributed by atoms with E-state index in [1.807, 2.05) is 48.5 Å². The Morgan fingerprint density at radius 2 is 1.58 bits per heavy atom. The first-order chi connectivity index (χ1) is 11.8. The zero-order valence-electron chi connectivity index (χ0n) is 13.1. The Morgan fingerprint density at radius 3 is 2.25 bits per heavy atom. The van der Waals surface area contributed by atoms with E-state index in [9.17, 15) is 0 Å². The fourth-order valence-corrected chi connectivity index (χ4v) is 2.97. The molecule has 2 aromatic carbocycles. The molecule has 0 atom stereocenters. The number of thioether (sulfide) groups is 1. The van der Waals surface area contributed by atoms with Crippen LogP contribution in [0.15, 0.2) is 78.0 Å². The maximum absolute atomic E-state index is 8.81. The molecule has 1 aromatic heterocycles. The second-order valence-corrected chi connectivity index (χ2v) is 6.26. The zero-order chi connectivity index (χ0) is 16.6. The summed E-state index contributed by atoms with van der Waals surface area (Å²) in [6, 6.07) is 21.8. The van der Waals surface area contributed by atoms with Gasteiger partial charge in [-0.3, -0.25) is 4.98 Å². The second-order valence-electron chi connectivity index (χ2n) is 5.21. The predicted molar refractivity (Wildman–Crippen MR) is 95.7 cm³/mol. The molecule has 3 nitrogen and oxygen atoms in total. The number of pyridine rings is 1. The van der Waals surface area contributed by atoms with Crippen molar-refractivity contribution in [2.75, 3.05) is 0 Å². The number of ether oxygens (including phenoxy) is 1. The van der Waals surface area contributed by atoms with E-state index < -0.39 is 0 Å². The third kappa shape index (κ3) is 4.61. The van der Waals surface area contributed by atoms with Gasteiger partial charge in [0.05, 0.1) is 11.6 Å². The van der Waals surface area contributed by atoms with E-state index in [1.54, 1.807) is 24.2 Å². The van der Waals surface area contributed by atoms with Crippen LogP contribution < -0.4 is 4.74 Å². The Balaban J connectivity index is 1.51. The van der Waals surface area contributed by atoms with Gasteiger partial charge in [-0.2, -0.15) is 5.26 Å². The molecule has 3 aromatic rings. The van der Waals surface area contributed by atoms with Gasteiger partial charge in [0, 0.05) is 23.0 Å². The lowest BCUT2D eigenvalue weighted by Gasteiger charge is -2.07. The van der Waals surface area contributed by atoms with Crippen molar-refractivity contribution in [1.82, 2.24) is 4.98 Å². The lowest BCUT2D eigenvalue weighted by Crippen LogP contribution is -1.95. The van der Waals surface area contributed by atoms with E-state index in [1.165, 1.54) is 5.56 Å². The van der Waals surface area contributed by atoms with Gasteiger partial charge in [0.1, 0.15) is 12.4 Å². The van der Waals surface area contributed by atoms with Gasteiger partial charge in [0.15, 0.2) is 0 Å². The third-order valence-electron chi connectivity index (χ3n) is 3.47. The van der Waals surface area contributed by atoms with E-state index in [2.05, 4.69) is 23.2 Å². The molecule has 0 aliphatic rings. The summed E-state index contributed by atoms with van der Waals surface area (Å²) < 4.78 is 5.77. The summed E-state index contributed by atoms with van der Waals surface area (Å²) >= 11 is 1.75. The average Bonchev–Trinajstić information content (AvgIpc) is 2.67. The summed E-state index contributed by atoms with van der Waals surface area (Å²) in [5.74, 6) is 1.75. The number of rotatable bonds is 6. The van der Waals surface area contributed by atoms with E-state index in [-0.39, 0.29) is 0 Å². The summed E-state index contributed by atoms with van der Waals surface area (Å²) in [7, 11) is 0. The monoisotopic (exact) mass is 332 g/mol. The van der Waals surface area contributed by atoms with E-state index >= 15 is 0 Å². The average molecular weight is 332 g/mol. The summed E-state index contributed by atoms with van der Waals surface area (Å²) in [6.45, 7) is 0.544. The maximum Gasteiger partial charge on any atom is 0.119 e. The van der Waals surface area contributed by atoms with Crippen LogP contribution in [-0.2, 0) is 12.4 Å². The van der Waals surface area contributed by atoms with Crippen molar-refractivity contribution in [3.05, 3.63) is 89.7 Å². The van der Waals surface area contributed by atoms with Crippen molar-refractivity contribution in [2.45, 2.75) is 17.3 Å². The minimum atomic E-state index is 0.544. The van der Waals surface area contributed by atoms with Gasteiger partial charge in [-0.15, -0.1) is 11.8 Å². The van der Waals surface area contributed by atoms with Gasteiger partial charge < -0.3 is 4.74 Å². The molecule has 4 heteroatoms. The first kappa shape index (κ1) is 16.1. The van der Waals surface area contributed by atoms with Gasteiger partial charge in [-0.25, -0.2) is 0 Å². The Kier molecular flexibility index (Phi) is 5.49. The van der Waals surface area contributed by atoms with Gasteiger partial charge in [-0.1, -0.05) is 12.1 Å². The molecule has 0 fully saturated rings. The molecule has 0 N–H and O–H groups in total. The fourth-order valence-electron chi connectivity index (χ4n) is 2.12. The van der Waals surface area contributed by atoms with Crippen molar-refractivity contribution in [2.24, 2.45) is 0 Å². The minimum absolute atomic E-state index is 0.544. The Hall–Kier alpha value is -2.77. The number of benzene rings is 2. The van der Waals surface area contributed by atoms with Gasteiger partial charge >= 0.3 is 0 Å². The normalized spacial score (nSPS) is 10.1. The van der Waals surface area contributed by atoms with Gasteiger partial charge in [-0.05, 0) is 59.7 Å². The topological polar surface area (TPSA) is 45.9 Å². The molecule has 1 heterocycles. The Labute approximate surface area is 145 Å². The van der Waals surface area contributed by atoms with Gasteiger partial charge in [0.2, 0.25) is 0 Å². The molecule has 0 radical (unpaired) electrons. The van der Waals surface area contributed by atoms with Crippen molar-refractivity contribution in [3.63, 3.8) is 0 Å². The van der Waals surface area contributed by atoms with Crippen LogP contribution in [0.1, 0.15) is 16.7 Å². The predicted octanol–water partition coefficient (Wildman–Crippen LogP) is 4.82. The first-order valence-electron chi connectivity index (χ1n) is 7.57. The highest BCUT2D eigenvalue weighted by Gasteiger charge is 2.00. The standard InChI is InChI=1S/C20H16N2OS/c21-13-16-3-7-20(8-4-16)24-15-18-1-5-19(6-2-18)23-14-17-9-11-22-12-10-17/h1-12H,14-15H2. The van der Waals surface area contributed by atoms with Crippen molar-refractivity contribution >= 4 is 11.8 Å². The molecule has 0 aliphatic heterocycles. The second kappa shape index (κ2) is 8.19. The third-order valence-corrected chi connectivity index (χ3v) is 4.55. The molecule has 24 heavy (non-hydrogen) atoms. The quantitative estimate of drug-likeness (QED) is 0.607. The summed E-state index contributed by atoms with van der Waals surface area (Å²) in [5.41, 5.74) is 3.03. The molecular formula is C20H16N2OS. The van der Waals surface area contributed by atoms with Crippen LogP contribution in [0.2, 0.25) is 0 Å². The zero-order valence-corrected chi connectivity index (χ0v) is 13.9. The van der Waals surface area contributed by atoms with Gasteiger partial charge in [0.25, 0.3) is 0 Å². The van der Waals surface area contributed by atoms with E-state index in [4.69, 9.17) is 10.00 Å². The lowest BCUT2D eigenvalue weighted by atomic mass is 10.2. The molecule has 0 spiro atoms. The molecule has 3 rings (SSSR count). The van der Waals surface area contributed by atoms with Crippen LogP contribution in [0.5, 0.6) is 5.75 Å². The van der Waals surface area contributed by atoms with Crippen LogP contribution in [-0.4, -0.2) is 4.98 Å². The molecule has 0 bridgehead atoms. The smallest absolute Gasteiger partial charge is 0.119 e. The van der Waals surface area contributed by atoms with Crippen molar-refractivity contribution in [3.8, 4) is 11.8 Å². The van der Waals surface area contributed by atoms with E-state index in [0.29, 0.717) is 12.2 Å². The highest BCUT2D eigenvalue weighted by atomic mass is 32.2. The van der Waals surface area contributed by atoms with Crippen LogP contribution in [0.4, 0.5) is 0 Å². The molecule has 0 unspecified atom stereocenters. The van der Waals surface area contributed by atoms with Crippen LogP contribution in [0.3, 0.4) is 0 Å². The molecule has 0 amide bonds. The molecule has 0 aliphatic carbocycles. The van der Waals surface area contributed by atoms with Crippen LogP contribution in [0, 0.1) is 11.3 Å². The summed E-state index contributed by atoms with van der Waals surface area (Å²) in [4.78, 5) is 5.15. The highest BCUT2D eigenvalue weighted by molar-refractivity contribution is 7.98.